The Morgan fingerprint density at radius 1 is 1.21 bits per heavy atom. The van der Waals surface area contributed by atoms with Crippen LogP contribution in [0.25, 0.3) is 5.57 Å². The number of carbonyl (C=O) groups is 1. The lowest BCUT2D eigenvalue weighted by Crippen LogP contribution is -3.13. The maximum atomic E-state index is 13.5. The molecule has 0 spiro atoms. The van der Waals surface area contributed by atoms with Gasteiger partial charge in [0.05, 0.1) is 13.1 Å². The van der Waals surface area contributed by atoms with Crippen molar-refractivity contribution in [1.29, 1.82) is 0 Å². The average Bonchev–Trinajstić information content (AvgIpc) is 2.59. The lowest BCUT2D eigenvalue weighted by Gasteiger charge is -2.23. The van der Waals surface area contributed by atoms with Crippen LogP contribution < -0.4 is 10.2 Å². The summed E-state index contributed by atoms with van der Waals surface area (Å²) in [6.07, 6.45) is 3.18. The second kappa shape index (κ2) is 7.41. The number of anilines is 1. The van der Waals surface area contributed by atoms with Crippen molar-refractivity contribution in [1.82, 2.24) is 0 Å². The van der Waals surface area contributed by atoms with Crippen molar-refractivity contribution in [2.75, 3.05) is 25.0 Å². The van der Waals surface area contributed by atoms with Crippen molar-refractivity contribution < 1.29 is 14.1 Å². The molecule has 24 heavy (non-hydrogen) atoms. The summed E-state index contributed by atoms with van der Waals surface area (Å²) in [5, 5.41) is 2.78. The van der Waals surface area contributed by atoms with E-state index in [0.29, 0.717) is 17.8 Å². The van der Waals surface area contributed by atoms with E-state index in [0.717, 1.165) is 19.5 Å². The Kier molecular flexibility index (Phi) is 5.06. The van der Waals surface area contributed by atoms with Crippen LogP contribution in [-0.2, 0) is 4.79 Å². The SMILES string of the molecule is Cc1ccc(NC(=O)C[NH+]2CC=C(c3ccccc3)CC2)cc1F. The number of halogens is 1. The molecule has 1 atom stereocenters. The number of quaternary nitrogens is 1. The van der Waals surface area contributed by atoms with Gasteiger partial charge in [-0.25, -0.2) is 4.39 Å². The van der Waals surface area contributed by atoms with Crippen LogP contribution in [0.5, 0.6) is 0 Å². The summed E-state index contributed by atoms with van der Waals surface area (Å²) < 4.78 is 13.5. The molecule has 4 heteroatoms. The third-order valence-electron chi connectivity index (χ3n) is 4.40. The van der Waals surface area contributed by atoms with Gasteiger partial charge in [0.2, 0.25) is 0 Å². The molecule has 1 heterocycles. The first kappa shape index (κ1) is 16.4. The van der Waals surface area contributed by atoms with E-state index in [2.05, 4.69) is 23.5 Å². The van der Waals surface area contributed by atoms with Crippen molar-refractivity contribution >= 4 is 17.2 Å². The largest absolute Gasteiger partial charge is 0.324 e. The second-order valence-corrected chi connectivity index (χ2v) is 6.24. The van der Waals surface area contributed by atoms with E-state index in [1.807, 2.05) is 18.2 Å². The molecule has 2 aromatic rings. The van der Waals surface area contributed by atoms with Gasteiger partial charge in [-0.15, -0.1) is 0 Å². The zero-order valence-electron chi connectivity index (χ0n) is 13.8. The van der Waals surface area contributed by atoms with Crippen molar-refractivity contribution in [3.63, 3.8) is 0 Å². The number of amides is 1. The van der Waals surface area contributed by atoms with E-state index >= 15 is 0 Å². The number of nitrogens with one attached hydrogen (secondary N) is 2. The van der Waals surface area contributed by atoms with Gasteiger partial charge in [0.25, 0.3) is 5.91 Å². The molecule has 0 fully saturated rings. The zero-order valence-corrected chi connectivity index (χ0v) is 13.8. The number of carbonyl (C=O) groups excluding carboxylic acids is 1. The molecule has 124 valence electrons. The van der Waals surface area contributed by atoms with Crippen LogP contribution in [0.1, 0.15) is 17.5 Å². The molecule has 1 aliphatic heterocycles. The highest BCUT2D eigenvalue weighted by molar-refractivity contribution is 5.91. The fourth-order valence-corrected chi connectivity index (χ4v) is 2.96. The van der Waals surface area contributed by atoms with Gasteiger partial charge in [-0.2, -0.15) is 0 Å². The first-order chi connectivity index (χ1) is 11.6. The maximum Gasteiger partial charge on any atom is 0.279 e. The minimum atomic E-state index is -0.298. The summed E-state index contributed by atoms with van der Waals surface area (Å²) in [6, 6.07) is 15.1. The van der Waals surface area contributed by atoms with Gasteiger partial charge in [-0.3, -0.25) is 4.79 Å². The van der Waals surface area contributed by atoms with Crippen molar-refractivity contribution in [2.45, 2.75) is 13.3 Å². The molecule has 0 saturated carbocycles. The van der Waals surface area contributed by atoms with Gasteiger partial charge < -0.3 is 10.2 Å². The Morgan fingerprint density at radius 3 is 2.67 bits per heavy atom. The Morgan fingerprint density at radius 2 is 2.00 bits per heavy atom. The molecule has 3 nitrogen and oxygen atoms in total. The minimum absolute atomic E-state index is 0.0789. The first-order valence-electron chi connectivity index (χ1n) is 8.26. The van der Waals surface area contributed by atoms with Gasteiger partial charge in [-0.05, 0) is 41.8 Å². The molecule has 3 rings (SSSR count). The molecule has 0 aromatic heterocycles. The Labute approximate surface area is 141 Å². The normalized spacial score (nSPS) is 17.2. The Bertz CT molecular complexity index is 755. The number of hydrogen-bond acceptors (Lipinski definition) is 1. The van der Waals surface area contributed by atoms with Gasteiger partial charge in [-0.1, -0.05) is 36.4 Å². The van der Waals surface area contributed by atoms with Crippen LogP contribution in [0.4, 0.5) is 10.1 Å². The Balaban J connectivity index is 1.54. The van der Waals surface area contributed by atoms with E-state index in [9.17, 15) is 9.18 Å². The van der Waals surface area contributed by atoms with Gasteiger partial charge in [0, 0.05) is 12.1 Å². The third kappa shape index (κ3) is 4.09. The summed E-state index contributed by atoms with van der Waals surface area (Å²) in [6.45, 7) is 3.86. The van der Waals surface area contributed by atoms with E-state index in [-0.39, 0.29) is 11.7 Å². The molecule has 0 aliphatic carbocycles. The molecule has 1 amide bonds. The first-order valence-corrected chi connectivity index (χ1v) is 8.26. The lowest BCUT2D eigenvalue weighted by atomic mass is 10.00. The number of rotatable bonds is 4. The molecule has 2 N–H and O–H groups in total. The van der Waals surface area contributed by atoms with Crippen LogP contribution in [0.15, 0.2) is 54.6 Å². The fourth-order valence-electron chi connectivity index (χ4n) is 2.96. The number of benzene rings is 2. The van der Waals surface area contributed by atoms with Gasteiger partial charge in [0.1, 0.15) is 5.82 Å². The molecule has 0 saturated heterocycles. The van der Waals surface area contributed by atoms with Crippen LogP contribution >= 0.6 is 0 Å². The molecule has 2 aromatic carbocycles. The molecule has 1 aliphatic rings. The highest BCUT2D eigenvalue weighted by Gasteiger charge is 2.19. The number of hydrogen-bond donors (Lipinski definition) is 2. The predicted octanol–water partition coefficient (Wildman–Crippen LogP) is 2.44. The molecule has 0 bridgehead atoms. The van der Waals surface area contributed by atoms with Crippen molar-refractivity contribution in [2.24, 2.45) is 0 Å². The minimum Gasteiger partial charge on any atom is -0.324 e. The van der Waals surface area contributed by atoms with E-state index < -0.39 is 0 Å². The van der Waals surface area contributed by atoms with Crippen LogP contribution in [-0.4, -0.2) is 25.5 Å². The van der Waals surface area contributed by atoms with Crippen LogP contribution in [0, 0.1) is 12.7 Å². The van der Waals surface area contributed by atoms with Gasteiger partial charge >= 0.3 is 0 Å². The quantitative estimate of drug-likeness (QED) is 0.889. The Hall–Kier alpha value is -2.46. The summed E-state index contributed by atoms with van der Waals surface area (Å²) >= 11 is 0. The highest BCUT2D eigenvalue weighted by Crippen LogP contribution is 2.17. The van der Waals surface area contributed by atoms with Gasteiger partial charge in [0.15, 0.2) is 6.54 Å². The maximum absolute atomic E-state index is 13.5. The number of aryl methyl sites for hydroxylation is 1. The van der Waals surface area contributed by atoms with E-state index in [1.165, 1.54) is 22.1 Å². The van der Waals surface area contributed by atoms with Crippen LogP contribution in [0.2, 0.25) is 0 Å². The molecule has 1 unspecified atom stereocenters. The predicted molar refractivity (Wildman–Crippen MR) is 94.4 cm³/mol. The van der Waals surface area contributed by atoms with Crippen LogP contribution in [0.3, 0.4) is 0 Å². The summed E-state index contributed by atoms with van der Waals surface area (Å²) in [5.74, 6) is -0.377. The monoisotopic (exact) mass is 325 g/mol. The lowest BCUT2D eigenvalue weighted by molar-refractivity contribution is -0.886. The van der Waals surface area contributed by atoms with E-state index in [1.54, 1.807) is 19.1 Å². The smallest absolute Gasteiger partial charge is 0.279 e. The zero-order chi connectivity index (χ0) is 16.9. The molecular weight excluding hydrogens is 303 g/mol. The highest BCUT2D eigenvalue weighted by atomic mass is 19.1. The fraction of sp³-hybridized carbons (Fsp3) is 0.250. The molecular formula is C20H22FN2O+. The standard InChI is InChI=1S/C20H21FN2O/c1-15-7-8-18(13-19(15)21)22-20(24)14-23-11-9-17(10-12-23)16-5-3-2-4-6-16/h2-9,13H,10-12,14H2,1H3,(H,22,24)/p+1. The van der Waals surface area contributed by atoms with Crippen molar-refractivity contribution in [3.8, 4) is 0 Å². The third-order valence-corrected chi connectivity index (χ3v) is 4.40. The average molecular weight is 325 g/mol. The van der Waals surface area contributed by atoms with E-state index in [4.69, 9.17) is 0 Å². The molecule has 0 radical (unpaired) electrons. The second-order valence-electron chi connectivity index (χ2n) is 6.24. The topological polar surface area (TPSA) is 33.5 Å². The summed E-state index contributed by atoms with van der Waals surface area (Å²) in [5.41, 5.74) is 3.70. The summed E-state index contributed by atoms with van der Waals surface area (Å²) in [4.78, 5) is 13.4. The summed E-state index contributed by atoms with van der Waals surface area (Å²) in [7, 11) is 0. The van der Waals surface area contributed by atoms with Crippen molar-refractivity contribution in [3.05, 3.63) is 71.6 Å².